The lowest BCUT2D eigenvalue weighted by Gasteiger charge is -2.34. The Balaban J connectivity index is 1.50. The number of hydrogen-bond acceptors (Lipinski definition) is 4. The molecule has 1 saturated heterocycles. The molecule has 0 bridgehead atoms. The molecule has 0 unspecified atom stereocenters. The van der Waals surface area contributed by atoms with E-state index in [1.165, 1.54) is 16.8 Å². The number of nitrogens with zero attached hydrogens (tertiary/aromatic N) is 5. The molecule has 0 radical (unpaired) electrons. The van der Waals surface area contributed by atoms with Crippen LogP contribution in [0.3, 0.4) is 0 Å². The summed E-state index contributed by atoms with van der Waals surface area (Å²) in [6.45, 7) is 8.64. The third-order valence-electron chi connectivity index (χ3n) is 7.16. The number of benzene rings is 3. The van der Waals surface area contributed by atoms with Crippen molar-refractivity contribution < 1.29 is 0 Å². The fraction of sp³-hybridized carbons (Fsp3) is 0.241. The Labute approximate surface area is 200 Å². The second kappa shape index (κ2) is 8.26. The molecule has 0 amide bonds. The van der Waals surface area contributed by atoms with Gasteiger partial charge in [-0.3, -0.25) is 4.98 Å². The summed E-state index contributed by atoms with van der Waals surface area (Å²) in [4.78, 5) is 9.61. The van der Waals surface area contributed by atoms with Gasteiger partial charge in [0.15, 0.2) is 0 Å². The zero-order valence-corrected chi connectivity index (χ0v) is 20.0. The summed E-state index contributed by atoms with van der Waals surface area (Å²) in [5.74, 6) is 0. The van der Waals surface area contributed by atoms with Crippen molar-refractivity contribution in [3.8, 4) is 16.9 Å². The monoisotopic (exact) mass is 447 g/mol. The van der Waals surface area contributed by atoms with Gasteiger partial charge < -0.3 is 9.80 Å². The third kappa shape index (κ3) is 3.53. The Morgan fingerprint density at radius 1 is 0.735 bits per heavy atom. The molecule has 5 nitrogen and oxygen atoms in total. The molecule has 0 spiro atoms. The molecule has 170 valence electrons. The number of rotatable bonds is 3. The van der Waals surface area contributed by atoms with Crippen molar-refractivity contribution >= 4 is 27.5 Å². The van der Waals surface area contributed by atoms with Gasteiger partial charge in [-0.05, 0) is 62.4 Å². The van der Waals surface area contributed by atoms with Crippen LogP contribution in [-0.2, 0) is 0 Å². The van der Waals surface area contributed by atoms with Crippen molar-refractivity contribution in [2.75, 3.05) is 38.1 Å². The van der Waals surface area contributed by atoms with E-state index in [1.54, 1.807) is 0 Å². The largest absolute Gasteiger partial charge is 0.369 e. The van der Waals surface area contributed by atoms with Crippen molar-refractivity contribution in [3.63, 3.8) is 0 Å². The highest BCUT2D eigenvalue weighted by Gasteiger charge is 2.18. The maximum absolute atomic E-state index is 5.16. The van der Waals surface area contributed by atoms with E-state index in [9.17, 15) is 0 Å². The average molecular weight is 448 g/mol. The standard InChI is InChI=1S/C29H29N5/c1-20-8-11-24(18-21(20)2)34-29-25-6-4-5-7-27(25)30-19-26(29)28(31-34)22-9-12-23(13-10-22)33-16-14-32(3)15-17-33/h4-13,18-19H,14-17H2,1-3H3. The molecule has 6 rings (SSSR count). The number of hydrogen-bond donors (Lipinski definition) is 0. The van der Waals surface area contributed by atoms with Crippen LogP contribution >= 0.6 is 0 Å². The lowest BCUT2D eigenvalue weighted by molar-refractivity contribution is 0.313. The Morgan fingerprint density at radius 2 is 1.47 bits per heavy atom. The predicted octanol–water partition coefficient (Wildman–Crippen LogP) is 5.61. The summed E-state index contributed by atoms with van der Waals surface area (Å²) < 4.78 is 2.09. The Hall–Kier alpha value is -3.70. The number of para-hydroxylation sites is 1. The molecule has 0 aliphatic carbocycles. The van der Waals surface area contributed by atoms with Gasteiger partial charge in [0.05, 0.1) is 16.7 Å². The van der Waals surface area contributed by atoms with Gasteiger partial charge >= 0.3 is 0 Å². The highest BCUT2D eigenvalue weighted by atomic mass is 15.3. The van der Waals surface area contributed by atoms with Crippen LogP contribution in [0.1, 0.15) is 11.1 Å². The first-order chi connectivity index (χ1) is 16.6. The van der Waals surface area contributed by atoms with Crippen LogP contribution in [-0.4, -0.2) is 52.9 Å². The van der Waals surface area contributed by atoms with Gasteiger partial charge in [0.25, 0.3) is 0 Å². The van der Waals surface area contributed by atoms with Crippen molar-refractivity contribution in [3.05, 3.63) is 84.1 Å². The molecule has 0 atom stereocenters. The quantitative estimate of drug-likeness (QED) is 0.360. The molecule has 1 aliphatic rings. The maximum atomic E-state index is 5.16. The van der Waals surface area contributed by atoms with Crippen LogP contribution in [0.25, 0.3) is 38.8 Å². The molecular weight excluding hydrogens is 418 g/mol. The number of likely N-dealkylation sites (N-methyl/N-ethyl adjacent to an activating group) is 1. The highest BCUT2D eigenvalue weighted by molar-refractivity contribution is 6.08. The molecule has 1 fully saturated rings. The van der Waals surface area contributed by atoms with E-state index in [4.69, 9.17) is 10.1 Å². The molecule has 3 aromatic carbocycles. The van der Waals surface area contributed by atoms with Gasteiger partial charge in [0, 0.05) is 54.4 Å². The number of fused-ring (bicyclic) bond motifs is 3. The molecule has 2 aromatic heterocycles. The van der Waals surface area contributed by atoms with Crippen molar-refractivity contribution in [2.24, 2.45) is 0 Å². The molecule has 1 aliphatic heterocycles. The summed E-state index contributed by atoms with van der Waals surface area (Å²) in [5.41, 5.74) is 9.06. The van der Waals surface area contributed by atoms with E-state index in [2.05, 4.69) is 96.0 Å². The van der Waals surface area contributed by atoms with E-state index in [-0.39, 0.29) is 0 Å². The van der Waals surface area contributed by atoms with Crippen LogP contribution in [0.2, 0.25) is 0 Å². The summed E-state index contributed by atoms with van der Waals surface area (Å²) in [6, 6.07) is 23.7. The fourth-order valence-corrected chi connectivity index (χ4v) is 4.88. The first-order valence-corrected chi connectivity index (χ1v) is 12.0. The topological polar surface area (TPSA) is 37.2 Å². The number of aryl methyl sites for hydroxylation is 2. The molecule has 3 heterocycles. The lowest BCUT2D eigenvalue weighted by atomic mass is 10.1. The Bertz CT molecular complexity index is 1490. The van der Waals surface area contributed by atoms with Crippen LogP contribution in [0, 0.1) is 13.8 Å². The second-order valence-electron chi connectivity index (χ2n) is 9.40. The minimum atomic E-state index is 0.969. The van der Waals surface area contributed by atoms with Gasteiger partial charge in [-0.15, -0.1) is 0 Å². The van der Waals surface area contributed by atoms with Gasteiger partial charge in [-0.1, -0.05) is 36.4 Å². The summed E-state index contributed by atoms with van der Waals surface area (Å²) in [6.07, 6.45) is 1.98. The molecule has 5 aromatic rings. The maximum Gasteiger partial charge on any atom is 0.102 e. The molecule has 34 heavy (non-hydrogen) atoms. The van der Waals surface area contributed by atoms with Gasteiger partial charge in [0.1, 0.15) is 5.69 Å². The summed E-state index contributed by atoms with van der Waals surface area (Å²) in [7, 11) is 2.19. The predicted molar refractivity (Wildman–Crippen MR) is 141 cm³/mol. The zero-order valence-electron chi connectivity index (χ0n) is 20.0. The fourth-order valence-electron chi connectivity index (χ4n) is 4.88. The van der Waals surface area contributed by atoms with E-state index in [1.807, 2.05) is 12.3 Å². The Kier molecular flexibility index (Phi) is 5.07. The van der Waals surface area contributed by atoms with Crippen molar-refractivity contribution in [1.29, 1.82) is 0 Å². The summed E-state index contributed by atoms with van der Waals surface area (Å²) in [5, 5.41) is 7.35. The molecule has 0 saturated carbocycles. The molecule has 5 heteroatoms. The van der Waals surface area contributed by atoms with Crippen molar-refractivity contribution in [1.82, 2.24) is 19.7 Å². The summed E-state index contributed by atoms with van der Waals surface area (Å²) >= 11 is 0. The first kappa shape index (κ1) is 20.9. The van der Waals surface area contributed by atoms with E-state index >= 15 is 0 Å². The smallest absolute Gasteiger partial charge is 0.102 e. The normalized spacial score (nSPS) is 14.9. The number of aromatic nitrogens is 3. The van der Waals surface area contributed by atoms with Crippen LogP contribution in [0.4, 0.5) is 5.69 Å². The average Bonchev–Trinajstić information content (AvgIpc) is 3.27. The molecule has 0 N–H and O–H groups in total. The first-order valence-electron chi connectivity index (χ1n) is 12.0. The third-order valence-corrected chi connectivity index (χ3v) is 7.16. The second-order valence-corrected chi connectivity index (χ2v) is 9.40. The Morgan fingerprint density at radius 3 is 2.24 bits per heavy atom. The zero-order chi connectivity index (χ0) is 23.2. The van der Waals surface area contributed by atoms with Crippen LogP contribution in [0.15, 0.2) is 72.9 Å². The van der Waals surface area contributed by atoms with E-state index < -0.39 is 0 Å². The minimum Gasteiger partial charge on any atom is -0.369 e. The van der Waals surface area contributed by atoms with E-state index in [0.717, 1.165) is 64.9 Å². The highest BCUT2D eigenvalue weighted by Crippen LogP contribution is 2.34. The van der Waals surface area contributed by atoms with Crippen LogP contribution < -0.4 is 4.90 Å². The van der Waals surface area contributed by atoms with Gasteiger partial charge in [-0.2, -0.15) is 5.10 Å². The number of anilines is 1. The van der Waals surface area contributed by atoms with Gasteiger partial charge in [0.2, 0.25) is 0 Å². The SMILES string of the molecule is Cc1ccc(-n2nc(-c3ccc(N4CCN(C)CC4)cc3)c3cnc4ccccc4c32)cc1C. The minimum absolute atomic E-state index is 0.969. The molecular formula is C29H29N5. The van der Waals surface area contributed by atoms with Crippen molar-refractivity contribution in [2.45, 2.75) is 13.8 Å². The van der Waals surface area contributed by atoms with Gasteiger partial charge in [-0.25, -0.2) is 4.68 Å². The van der Waals surface area contributed by atoms with E-state index in [0.29, 0.717) is 0 Å². The number of piperazine rings is 1. The van der Waals surface area contributed by atoms with Crippen LogP contribution in [0.5, 0.6) is 0 Å². The number of pyridine rings is 1. The lowest BCUT2D eigenvalue weighted by Crippen LogP contribution is -2.44.